The molecule has 10 heteroatoms. The van der Waals surface area contributed by atoms with E-state index in [1.54, 1.807) is 40.6 Å². The predicted octanol–water partition coefficient (Wildman–Crippen LogP) is 2.51. The number of nitrogens with zero attached hydrogens (tertiary/aromatic N) is 5. The molecule has 0 aromatic carbocycles. The molecule has 0 N–H and O–H groups in total. The Balaban J connectivity index is 1.35. The van der Waals surface area contributed by atoms with Gasteiger partial charge in [-0.15, -0.1) is 22.7 Å². The van der Waals surface area contributed by atoms with Gasteiger partial charge in [0.2, 0.25) is 5.91 Å². The summed E-state index contributed by atoms with van der Waals surface area (Å²) in [6, 6.07) is 6.25. The van der Waals surface area contributed by atoms with Crippen molar-refractivity contribution < 1.29 is 4.79 Å². The van der Waals surface area contributed by atoms with Crippen LogP contribution in [-0.4, -0.2) is 36.0 Å². The van der Waals surface area contributed by atoms with Crippen LogP contribution in [0.4, 0.5) is 0 Å². The van der Waals surface area contributed by atoms with Crippen LogP contribution >= 0.6 is 22.7 Å². The average Bonchev–Trinajstić information content (AvgIpc) is 3.56. The Morgan fingerprint density at radius 3 is 2.78 bits per heavy atom. The number of imidazole rings is 1. The van der Waals surface area contributed by atoms with Gasteiger partial charge >= 0.3 is 5.69 Å². The Labute approximate surface area is 192 Å². The van der Waals surface area contributed by atoms with E-state index in [2.05, 4.69) is 27.9 Å². The van der Waals surface area contributed by atoms with Crippen molar-refractivity contribution in [1.29, 1.82) is 0 Å². The van der Waals surface area contributed by atoms with Gasteiger partial charge in [-0.25, -0.2) is 9.78 Å². The molecule has 5 heterocycles. The lowest BCUT2D eigenvalue weighted by Crippen LogP contribution is -2.39. The van der Waals surface area contributed by atoms with Crippen molar-refractivity contribution in [3.63, 3.8) is 0 Å². The van der Waals surface area contributed by atoms with E-state index in [9.17, 15) is 14.4 Å². The number of fused-ring (bicyclic) bond motifs is 2. The van der Waals surface area contributed by atoms with Gasteiger partial charge in [-0.3, -0.25) is 18.7 Å². The zero-order valence-corrected chi connectivity index (χ0v) is 19.5. The smallest absolute Gasteiger partial charge is 0.330 e. The van der Waals surface area contributed by atoms with E-state index in [0.717, 1.165) is 11.0 Å². The third-order valence-electron chi connectivity index (χ3n) is 6.11. The second kappa shape index (κ2) is 8.18. The molecule has 4 aromatic heterocycles. The van der Waals surface area contributed by atoms with E-state index >= 15 is 0 Å². The van der Waals surface area contributed by atoms with Gasteiger partial charge in [0.05, 0.1) is 12.4 Å². The number of carbonyl (C=O) groups excluding carboxylic acids is 1. The first-order valence-electron chi connectivity index (χ1n) is 10.5. The summed E-state index contributed by atoms with van der Waals surface area (Å²) in [5.74, 6) is 0.116. The summed E-state index contributed by atoms with van der Waals surface area (Å²) in [6.45, 7) is 1.20. The second-order valence-corrected chi connectivity index (χ2v) is 9.95. The van der Waals surface area contributed by atoms with Gasteiger partial charge in [0.15, 0.2) is 11.2 Å². The first-order valence-corrected chi connectivity index (χ1v) is 12.2. The second-order valence-electron chi connectivity index (χ2n) is 7.97. The van der Waals surface area contributed by atoms with E-state index < -0.39 is 5.69 Å². The lowest BCUT2D eigenvalue weighted by atomic mass is 9.98. The van der Waals surface area contributed by atoms with Crippen molar-refractivity contribution in [1.82, 2.24) is 23.6 Å². The van der Waals surface area contributed by atoms with E-state index in [1.807, 2.05) is 11.0 Å². The summed E-state index contributed by atoms with van der Waals surface area (Å²) < 4.78 is 4.20. The Kier molecular flexibility index (Phi) is 5.34. The third kappa shape index (κ3) is 3.34. The maximum absolute atomic E-state index is 13.2. The molecule has 0 saturated heterocycles. The van der Waals surface area contributed by atoms with Crippen molar-refractivity contribution in [3.05, 3.63) is 71.4 Å². The number of aromatic nitrogens is 4. The van der Waals surface area contributed by atoms with Crippen molar-refractivity contribution in [2.24, 2.45) is 14.1 Å². The van der Waals surface area contributed by atoms with Crippen LogP contribution < -0.4 is 11.2 Å². The zero-order chi connectivity index (χ0) is 22.4. The summed E-state index contributed by atoms with van der Waals surface area (Å²) in [6.07, 6.45) is 3.42. The summed E-state index contributed by atoms with van der Waals surface area (Å²) in [5, 5.41) is 4.16. The largest absolute Gasteiger partial charge is 0.332 e. The molecule has 4 aromatic rings. The fourth-order valence-corrected chi connectivity index (χ4v) is 6.21. The Bertz CT molecular complexity index is 1410. The van der Waals surface area contributed by atoms with Gasteiger partial charge < -0.3 is 9.47 Å². The quantitative estimate of drug-likeness (QED) is 0.450. The van der Waals surface area contributed by atoms with Gasteiger partial charge in [-0.2, -0.15) is 0 Å². The number of hydrogen-bond donors (Lipinski definition) is 0. The zero-order valence-electron chi connectivity index (χ0n) is 17.9. The van der Waals surface area contributed by atoms with E-state index in [0.29, 0.717) is 37.1 Å². The molecule has 1 aliphatic heterocycles. The lowest BCUT2D eigenvalue weighted by Gasteiger charge is -2.35. The van der Waals surface area contributed by atoms with Crippen LogP contribution in [0.2, 0.25) is 0 Å². The number of thiophene rings is 2. The van der Waals surface area contributed by atoms with E-state index in [1.165, 1.54) is 26.9 Å². The summed E-state index contributed by atoms with van der Waals surface area (Å²) in [5.41, 5.74) is 1.22. The van der Waals surface area contributed by atoms with Crippen LogP contribution in [0.25, 0.3) is 11.2 Å². The number of aryl methyl sites for hydroxylation is 2. The minimum Gasteiger partial charge on any atom is -0.330 e. The molecule has 0 fully saturated rings. The van der Waals surface area contributed by atoms with Gasteiger partial charge in [0.1, 0.15) is 0 Å². The molecule has 0 radical (unpaired) electrons. The molecule has 0 aliphatic carbocycles. The molecule has 0 saturated carbocycles. The summed E-state index contributed by atoms with van der Waals surface area (Å²) in [4.78, 5) is 46.8. The van der Waals surface area contributed by atoms with Crippen molar-refractivity contribution in [2.45, 2.75) is 31.8 Å². The highest BCUT2D eigenvalue weighted by molar-refractivity contribution is 7.10. The third-order valence-corrected chi connectivity index (χ3v) is 8.03. The van der Waals surface area contributed by atoms with Crippen LogP contribution in [0, 0.1) is 0 Å². The molecule has 166 valence electrons. The molecule has 1 atom stereocenters. The SMILES string of the molecule is Cn1c(=O)c2c(ncn2CCCC(=O)N2CCc3sccc3C2c2cccs2)n(C)c1=O. The van der Waals surface area contributed by atoms with Crippen LogP contribution in [0.15, 0.2) is 44.9 Å². The molecule has 8 nitrogen and oxygen atoms in total. The maximum Gasteiger partial charge on any atom is 0.332 e. The van der Waals surface area contributed by atoms with Crippen LogP contribution in [-0.2, 0) is 31.9 Å². The Morgan fingerprint density at radius 1 is 1.16 bits per heavy atom. The number of carbonyl (C=O) groups is 1. The fraction of sp³-hybridized carbons (Fsp3) is 0.364. The minimum absolute atomic E-state index is 0.0200. The highest BCUT2D eigenvalue weighted by Gasteiger charge is 2.33. The monoisotopic (exact) mass is 469 g/mol. The lowest BCUT2D eigenvalue weighted by molar-refractivity contribution is -0.133. The van der Waals surface area contributed by atoms with Gasteiger partial charge in [0, 0.05) is 43.4 Å². The van der Waals surface area contributed by atoms with Gasteiger partial charge in [-0.05, 0) is 41.3 Å². The van der Waals surface area contributed by atoms with Gasteiger partial charge in [-0.1, -0.05) is 6.07 Å². The molecule has 1 amide bonds. The highest BCUT2D eigenvalue weighted by Crippen LogP contribution is 2.39. The molecule has 0 spiro atoms. The van der Waals surface area contributed by atoms with Crippen LogP contribution in [0.5, 0.6) is 0 Å². The van der Waals surface area contributed by atoms with Crippen molar-refractivity contribution in [3.8, 4) is 0 Å². The number of hydrogen-bond acceptors (Lipinski definition) is 6. The summed E-state index contributed by atoms with van der Waals surface area (Å²) in [7, 11) is 3.06. The maximum atomic E-state index is 13.2. The molecule has 0 bridgehead atoms. The first-order chi connectivity index (χ1) is 15.5. The number of rotatable bonds is 5. The van der Waals surface area contributed by atoms with Gasteiger partial charge in [0.25, 0.3) is 5.56 Å². The van der Waals surface area contributed by atoms with Crippen LogP contribution in [0.1, 0.15) is 34.2 Å². The molecular formula is C22H23N5O3S2. The minimum atomic E-state index is -0.402. The molecular weight excluding hydrogens is 446 g/mol. The van der Waals surface area contributed by atoms with E-state index in [-0.39, 0.29) is 17.5 Å². The number of amides is 1. The van der Waals surface area contributed by atoms with Crippen molar-refractivity contribution >= 4 is 39.7 Å². The molecule has 32 heavy (non-hydrogen) atoms. The Morgan fingerprint density at radius 2 is 2.00 bits per heavy atom. The predicted molar refractivity (Wildman–Crippen MR) is 125 cm³/mol. The van der Waals surface area contributed by atoms with E-state index in [4.69, 9.17) is 0 Å². The highest BCUT2D eigenvalue weighted by atomic mass is 32.1. The summed E-state index contributed by atoms with van der Waals surface area (Å²) >= 11 is 3.44. The Hall–Kier alpha value is -2.98. The topological polar surface area (TPSA) is 82.1 Å². The first kappa shape index (κ1) is 20.9. The van der Waals surface area contributed by atoms with Crippen molar-refractivity contribution in [2.75, 3.05) is 6.54 Å². The fourth-order valence-electron chi connectivity index (χ4n) is 4.45. The molecule has 1 aliphatic rings. The molecule has 1 unspecified atom stereocenters. The standard InChI is InChI=1S/C22H23N5O3S2/c1-24-20-19(21(29)25(2)22(24)30)26(13-23-20)9-3-6-17(28)27-10-7-15-14(8-12-32-15)18(27)16-5-4-11-31-16/h4-5,8,11-13,18H,3,6-7,9-10H2,1-2H3. The average molecular weight is 470 g/mol. The molecule has 5 rings (SSSR count). The van der Waals surface area contributed by atoms with Crippen LogP contribution in [0.3, 0.4) is 0 Å². The normalized spacial score (nSPS) is 15.9.